The summed E-state index contributed by atoms with van der Waals surface area (Å²) >= 11 is 0. The minimum Gasteiger partial charge on any atom is -0.361 e. The molecule has 0 aromatic heterocycles. The van der Waals surface area contributed by atoms with Gasteiger partial charge in [0.05, 0.1) is 12.6 Å². The topological polar surface area (TPSA) is 29.5 Å². The molecule has 3 rings (SSSR count). The molecule has 2 aliphatic heterocycles. The Labute approximate surface area is 127 Å². The van der Waals surface area contributed by atoms with E-state index in [0.29, 0.717) is 24.3 Å². The number of carbonyl (C=O) groups excluding carboxylic acids is 1. The largest absolute Gasteiger partial charge is 0.361 e. The number of carbonyl (C=O) groups is 1. The van der Waals surface area contributed by atoms with Gasteiger partial charge in [0.2, 0.25) is 0 Å². The van der Waals surface area contributed by atoms with Crippen molar-refractivity contribution in [1.82, 2.24) is 4.90 Å². The highest BCUT2D eigenvalue weighted by Crippen LogP contribution is 2.41. The molecule has 1 aromatic rings. The van der Waals surface area contributed by atoms with Crippen LogP contribution in [0.15, 0.2) is 30.3 Å². The molecule has 21 heavy (non-hydrogen) atoms. The van der Waals surface area contributed by atoms with Gasteiger partial charge in [0.15, 0.2) is 0 Å². The van der Waals surface area contributed by atoms with E-state index in [1.807, 2.05) is 26.8 Å². The highest BCUT2D eigenvalue weighted by atomic mass is 16.5. The molecular formula is C18H25NO2. The standard InChI is InChI=1S/C18H25NO2/c1-18(2,3)16(20)11-14-9-10-17-19(14)15(12-21-17)13-7-5-4-6-8-13/h4-8,14-15,17H,9-12H2,1-3H3/t14-,15+,17+/m0/s1. The van der Waals surface area contributed by atoms with E-state index in [1.54, 1.807) is 0 Å². The first kappa shape index (κ1) is 14.7. The summed E-state index contributed by atoms with van der Waals surface area (Å²) in [5.41, 5.74) is 1.05. The lowest BCUT2D eigenvalue weighted by molar-refractivity contribution is -0.127. The summed E-state index contributed by atoms with van der Waals surface area (Å²) in [4.78, 5) is 14.8. The van der Waals surface area contributed by atoms with Gasteiger partial charge in [0.1, 0.15) is 12.0 Å². The van der Waals surface area contributed by atoms with E-state index in [1.165, 1.54) is 5.56 Å². The summed E-state index contributed by atoms with van der Waals surface area (Å²) in [7, 11) is 0. The van der Waals surface area contributed by atoms with Crippen molar-refractivity contribution in [3.8, 4) is 0 Å². The smallest absolute Gasteiger partial charge is 0.139 e. The molecule has 0 unspecified atom stereocenters. The first-order valence-electron chi connectivity index (χ1n) is 7.94. The summed E-state index contributed by atoms with van der Waals surface area (Å²) in [6.07, 6.45) is 2.96. The van der Waals surface area contributed by atoms with E-state index in [9.17, 15) is 4.79 Å². The van der Waals surface area contributed by atoms with Gasteiger partial charge in [0.25, 0.3) is 0 Å². The van der Waals surface area contributed by atoms with Crippen LogP contribution in [0.25, 0.3) is 0 Å². The Hall–Kier alpha value is -1.19. The average Bonchev–Trinajstić information content (AvgIpc) is 3.02. The van der Waals surface area contributed by atoms with Crippen LogP contribution in [-0.2, 0) is 9.53 Å². The highest BCUT2D eigenvalue weighted by molar-refractivity contribution is 5.84. The lowest BCUT2D eigenvalue weighted by Crippen LogP contribution is -2.37. The number of ketones is 1. The first-order chi connectivity index (χ1) is 9.97. The van der Waals surface area contributed by atoms with Crippen LogP contribution in [0.5, 0.6) is 0 Å². The Morgan fingerprint density at radius 1 is 1.24 bits per heavy atom. The summed E-state index contributed by atoms with van der Waals surface area (Å²) in [5, 5.41) is 0. The number of rotatable bonds is 3. The van der Waals surface area contributed by atoms with Crippen molar-refractivity contribution < 1.29 is 9.53 Å². The predicted molar refractivity (Wildman–Crippen MR) is 82.9 cm³/mol. The Bertz CT molecular complexity index is 506. The fraction of sp³-hybridized carbons (Fsp3) is 0.611. The molecule has 114 valence electrons. The Morgan fingerprint density at radius 3 is 2.62 bits per heavy atom. The third-order valence-corrected chi connectivity index (χ3v) is 4.75. The predicted octanol–water partition coefficient (Wildman–Crippen LogP) is 3.55. The fourth-order valence-corrected chi connectivity index (χ4v) is 3.45. The van der Waals surface area contributed by atoms with Gasteiger partial charge < -0.3 is 4.74 Å². The zero-order valence-corrected chi connectivity index (χ0v) is 13.2. The molecule has 0 spiro atoms. The first-order valence-corrected chi connectivity index (χ1v) is 7.94. The molecule has 0 radical (unpaired) electrons. The van der Waals surface area contributed by atoms with Crippen LogP contribution in [-0.4, -0.2) is 29.6 Å². The van der Waals surface area contributed by atoms with E-state index in [2.05, 4.69) is 29.2 Å². The highest BCUT2D eigenvalue weighted by Gasteiger charge is 2.45. The molecule has 2 heterocycles. The van der Waals surface area contributed by atoms with Crippen molar-refractivity contribution in [2.45, 2.75) is 58.3 Å². The van der Waals surface area contributed by atoms with E-state index in [0.717, 1.165) is 19.4 Å². The molecule has 1 aromatic carbocycles. The molecule has 2 saturated heterocycles. The van der Waals surface area contributed by atoms with Crippen molar-refractivity contribution in [3.63, 3.8) is 0 Å². The number of Topliss-reactive ketones (excluding diaryl/α,β-unsaturated/α-hetero) is 1. The quantitative estimate of drug-likeness (QED) is 0.851. The van der Waals surface area contributed by atoms with Gasteiger partial charge in [0, 0.05) is 17.9 Å². The molecule has 3 nitrogen and oxygen atoms in total. The molecule has 0 saturated carbocycles. The van der Waals surface area contributed by atoms with Crippen molar-refractivity contribution in [3.05, 3.63) is 35.9 Å². The molecular weight excluding hydrogens is 262 g/mol. The van der Waals surface area contributed by atoms with Gasteiger partial charge in [-0.1, -0.05) is 51.1 Å². The molecule has 3 atom stereocenters. The lowest BCUT2D eigenvalue weighted by Gasteiger charge is -2.30. The van der Waals surface area contributed by atoms with Crippen LogP contribution in [0.3, 0.4) is 0 Å². The second-order valence-electron chi connectivity index (χ2n) is 7.27. The number of ether oxygens (including phenoxy) is 1. The maximum Gasteiger partial charge on any atom is 0.139 e. The maximum atomic E-state index is 12.4. The van der Waals surface area contributed by atoms with E-state index in [4.69, 9.17) is 4.74 Å². The van der Waals surface area contributed by atoms with E-state index in [-0.39, 0.29) is 11.6 Å². The van der Waals surface area contributed by atoms with Crippen LogP contribution in [0.2, 0.25) is 0 Å². The fourth-order valence-electron chi connectivity index (χ4n) is 3.45. The van der Waals surface area contributed by atoms with Crippen LogP contribution in [0, 0.1) is 5.41 Å². The van der Waals surface area contributed by atoms with E-state index >= 15 is 0 Å². The van der Waals surface area contributed by atoms with Crippen LogP contribution >= 0.6 is 0 Å². The minimum atomic E-state index is -0.249. The van der Waals surface area contributed by atoms with E-state index < -0.39 is 0 Å². The van der Waals surface area contributed by atoms with Gasteiger partial charge in [-0.15, -0.1) is 0 Å². The third kappa shape index (κ3) is 2.90. The molecule has 0 aliphatic carbocycles. The summed E-state index contributed by atoms with van der Waals surface area (Å²) in [5.74, 6) is 0.354. The molecule has 0 N–H and O–H groups in total. The Kier molecular flexibility index (Phi) is 3.89. The number of benzene rings is 1. The third-order valence-electron chi connectivity index (χ3n) is 4.75. The number of hydrogen-bond acceptors (Lipinski definition) is 3. The summed E-state index contributed by atoms with van der Waals surface area (Å²) in [6, 6.07) is 11.2. The van der Waals surface area contributed by atoms with Gasteiger partial charge in [-0.25, -0.2) is 0 Å². The van der Waals surface area contributed by atoms with Crippen molar-refractivity contribution in [1.29, 1.82) is 0 Å². The van der Waals surface area contributed by atoms with Crippen LogP contribution < -0.4 is 0 Å². The summed E-state index contributed by atoms with van der Waals surface area (Å²) < 4.78 is 5.96. The Morgan fingerprint density at radius 2 is 1.95 bits per heavy atom. The molecule has 2 fully saturated rings. The monoisotopic (exact) mass is 287 g/mol. The number of nitrogens with zero attached hydrogens (tertiary/aromatic N) is 1. The van der Waals surface area contributed by atoms with Crippen LogP contribution in [0.4, 0.5) is 0 Å². The SMILES string of the molecule is CC(C)(C)C(=O)C[C@@H]1CC[C@H]2OC[C@H](c3ccccc3)N12. The molecule has 2 aliphatic rings. The molecule has 3 heteroatoms. The molecule has 0 bridgehead atoms. The number of fused-ring (bicyclic) bond motifs is 1. The zero-order chi connectivity index (χ0) is 15.0. The second kappa shape index (κ2) is 5.54. The van der Waals surface area contributed by atoms with Gasteiger partial charge in [-0.05, 0) is 18.4 Å². The van der Waals surface area contributed by atoms with Crippen LogP contribution in [0.1, 0.15) is 51.6 Å². The van der Waals surface area contributed by atoms with Crippen molar-refractivity contribution in [2.75, 3.05) is 6.61 Å². The average molecular weight is 287 g/mol. The minimum absolute atomic E-state index is 0.202. The van der Waals surface area contributed by atoms with Crippen molar-refractivity contribution in [2.24, 2.45) is 5.41 Å². The van der Waals surface area contributed by atoms with Gasteiger partial charge in [-0.3, -0.25) is 9.69 Å². The maximum absolute atomic E-state index is 12.4. The molecule has 0 amide bonds. The van der Waals surface area contributed by atoms with Gasteiger partial charge in [-0.2, -0.15) is 0 Å². The van der Waals surface area contributed by atoms with Crippen molar-refractivity contribution >= 4 is 5.78 Å². The Balaban J connectivity index is 1.77. The zero-order valence-electron chi connectivity index (χ0n) is 13.2. The normalized spacial score (nSPS) is 29.6. The lowest BCUT2D eigenvalue weighted by atomic mass is 9.86. The number of hydrogen-bond donors (Lipinski definition) is 0. The second-order valence-corrected chi connectivity index (χ2v) is 7.27. The van der Waals surface area contributed by atoms with Gasteiger partial charge >= 0.3 is 0 Å². The summed E-state index contributed by atoms with van der Waals surface area (Å²) in [6.45, 7) is 6.78.